The Morgan fingerprint density at radius 3 is 2.27 bits per heavy atom. The Balaban J connectivity index is 2.07. The maximum atomic E-state index is 12.4. The van der Waals surface area contributed by atoms with E-state index in [0.29, 0.717) is 10.2 Å². The average Bonchev–Trinajstić information content (AvgIpc) is 2.60. The Hall–Kier alpha value is -2.94. The molecule has 0 aliphatic rings. The Morgan fingerprint density at radius 1 is 1.08 bits per heavy atom. The molecule has 2 aromatic rings. The van der Waals surface area contributed by atoms with Gasteiger partial charge in [0.05, 0.1) is 16.6 Å². The van der Waals surface area contributed by atoms with Crippen molar-refractivity contribution in [2.75, 3.05) is 0 Å². The maximum Gasteiger partial charge on any atom is 0.273 e. The first-order chi connectivity index (χ1) is 12.3. The maximum absolute atomic E-state index is 12.4. The number of non-ortho nitro benzene ring substituents is 1. The van der Waals surface area contributed by atoms with Gasteiger partial charge in [-0.15, -0.1) is 0 Å². The molecule has 0 saturated heterocycles. The molecule has 2 amide bonds. The number of rotatable bonds is 5. The van der Waals surface area contributed by atoms with Crippen molar-refractivity contribution in [3.05, 3.63) is 68.2 Å². The molecule has 0 heterocycles. The van der Waals surface area contributed by atoms with Crippen molar-refractivity contribution in [2.45, 2.75) is 20.0 Å². The van der Waals surface area contributed by atoms with E-state index in [4.69, 9.17) is 4.74 Å². The summed E-state index contributed by atoms with van der Waals surface area (Å²) in [6.45, 7) is 3.67. The quantitative estimate of drug-likeness (QED) is 0.568. The number of hydrogen-bond acceptors (Lipinski definition) is 5. The largest absolute Gasteiger partial charge is 0.490 e. The average molecular weight is 422 g/mol. The van der Waals surface area contributed by atoms with Gasteiger partial charge in [0.15, 0.2) is 0 Å². The summed E-state index contributed by atoms with van der Waals surface area (Å²) in [5, 5.41) is 10.6. The molecule has 0 aliphatic carbocycles. The molecule has 136 valence electrons. The zero-order valence-corrected chi connectivity index (χ0v) is 15.6. The lowest BCUT2D eigenvalue weighted by Crippen LogP contribution is -2.41. The number of nitro groups is 1. The first kappa shape index (κ1) is 19.4. The molecule has 2 N–H and O–H groups in total. The monoisotopic (exact) mass is 421 g/mol. The number of benzene rings is 2. The molecular formula is C17H16BrN3O5. The van der Waals surface area contributed by atoms with Gasteiger partial charge in [0.1, 0.15) is 5.75 Å². The highest BCUT2D eigenvalue weighted by molar-refractivity contribution is 9.10. The van der Waals surface area contributed by atoms with E-state index in [-0.39, 0.29) is 22.9 Å². The van der Waals surface area contributed by atoms with Crippen LogP contribution >= 0.6 is 15.9 Å². The van der Waals surface area contributed by atoms with Crippen molar-refractivity contribution in [1.29, 1.82) is 0 Å². The van der Waals surface area contributed by atoms with E-state index in [1.807, 2.05) is 13.8 Å². The standard InChI is InChI=1S/C17H16BrN3O5/c1-10(2)26-15-8-5-12(18)9-14(15)17(23)20-19-16(22)11-3-6-13(7-4-11)21(24)25/h3-10H,1-2H3,(H,19,22)(H,20,23). The Kier molecular flexibility index (Phi) is 6.29. The van der Waals surface area contributed by atoms with E-state index >= 15 is 0 Å². The Morgan fingerprint density at radius 2 is 1.69 bits per heavy atom. The molecule has 0 saturated carbocycles. The van der Waals surface area contributed by atoms with E-state index in [1.165, 1.54) is 24.3 Å². The number of nitro benzene ring substituents is 1. The highest BCUT2D eigenvalue weighted by Crippen LogP contribution is 2.24. The second kappa shape index (κ2) is 8.43. The lowest BCUT2D eigenvalue weighted by Gasteiger charge is -2.15. The number of amides is 2. The number of carbonyl (C=O) groups is 2. The Bertz CT molecular complexity index is 837. The van der Waals surface area contributed by atoms with Gasteiger partial charge in [-0.2, -0.15) is 0 Å². The van der Waals surface area contributed by atoms with Gasteiger partial charge in [0.25, 0.3) is 17.5 Å². The van der Waals surface area contributed by atoms with E-state index in [1.54, 1.807) is 18.2 Å². The molecule has 0 bridgehead atoms. The van der Waals surface area contributed by atoms with Crippen molar-refractivity contribution in [3.8, 4) is 5.75 Å². The van der Waals surface area contributed by atoms with Crippen LogP contribution < -0.4 is 15.6 Å². The molecule has 0 radical (unpaired) electrons. The summed E-state index contributed by atoms with van der Waals surface area (Å²) in [4.78, 5) is 34.5. The zero-order valence-electron chi connectivity index (χ0n) is 14.0. The molecule has 0 aliphatic heterocycles. The van der Waals surface area contributed by atoms with Crippen LogP contribution in [0.15, 0.2) is 46.9 Å². The summed E-state index contributed by atoms with van der Waals surface area (Å²) in [6, 6.07) is 9.98. The van der Waals surface area contributed by atoms with Gasteiger partial charge in [-0.3, -0.25) is 30.6 Å². The van der Waals surface area contributed by atoms with Crippen LogP contribution in [0.1, 0.15) is 34.6 Å². The fourth-order valence-corrected chi connectivity index (χ4v) is 2.38. The fourth-order valence-electron chi connectivity index (χ4n) is 2.02. The summed E-state index contributed by atoms with van der Waals surface area (Å²) in [5.41, 5.74) is 4.86. The molecule has 0 fully saturated rings. The predicted octanol–water partition coefficient (Wildman–Crippen LogP) is 3.22. The van der Waals surface area contributed by atoms with Crippen LogP contribution in [-0.4, -0.2) is 22.8 Å². The van der Waals surface area contributed by atoms with Crippen molar-refractivity contribution >= 4 is 33.4 Å². The van der Waals surface area contributed by atoms with Crippen LogP contribution in [-0.2, 0) is 0 Å². The SMILES string of the molecule is CC(C)Oc1ccc(Br)cc1C(=O)NNC(=O)c1ccc([N+](=O)[O-])cc1. The lowest BCUT2D eigenvalue weighted by atomic mass is 10.2. The van der Waals surface area contributed by atoms with Crippen molar-refractivity contribution in [2.24, 2.45) is 0 Å². The van der Waals surface area contributed by atoms with Crippen LogP contribution in [0, 0.1) is 10.1 Å². The van der Waals surface area contributed by atoms with Gasteiger partial charge in [-0.05, 0) is 44.2 Å². The Labute approximate surface area is 157 Å². The first-order valence-corrected chi connectivity index (χ1v) is 8.38. The second-order valence-corrected chi connectivity index (χ2v) is 6.43. The minimum atomic E-state index is -0.602. The molecule has 26 heavy (non-hydrogen) atoms. The fraction of sp³-hybridized carbons (Fsp3) is 0.176. The third kappa shape index (κ3) is 5.03. The summed E-state index contributed by atoms with van der Waals surface area (Å²) in [5.74, 6) is -0.780. The van der Waals surface area contributed by atoms with Crippen molar-refractivity contribution in [3.63, 3.8) is 0 Å². The van der Waals surface area contributed by atoms with Gasteiger partial charge in [0.2, 0.25) is 0 Å². The summed E-state index contributed by atoms with van der Waals surface area (Å²) in [7, 11) is 0. The highest BCUT2D eigenvalue weighted by atomic mass is 79.9. The molecule has 0 spiro atoms. The summed E-state index contributed by atoms with van der Waals surface area (Å²) < 4.78 is 6.27. The van der Waals surface area contributed by atoms with Crippen molar-refractivity contribution in [1.82, 2.24) is 10.9 Å². The van der Waals surface area contributed by atoms with Gasteiger partial charge in [0, 0.05) is 22.2 Å². The van der Waals surface area contributed by atoms with Crippen LogP contribution in [0.3, 0.4) is 0 Å². The lowest BCUT2D eigenvalue weighted by molar-refractivity contribution is -0.384. The molecular weight excluding hydrogens is 406 g/mol. The molecule has 2 rings (SSSR count). The van der Waals surface area contributed by atoms with Gasteiger partial charge < -0.3 is 4.74 Å². The van der Waals surface area contributed by atoms with Crippen LogP contribution in [0.25, 0.3) is 0 Å². The summed E-state index contributed by atoms with van der Waals surface area (Å²) in [6.07, 6.45) is -0.127. The number of halogens is 1. The van der Waals surface area contributed by atoms with Crippen LogP contribution in [0.5, 0.6) is 5.75 Å². The van der Waals surface area contributed by atoms with Gasteiger partial charge >= 0.3 is 0 Å². The second-order valence-electron chi connectivity index (χ2n) is 5.52. The first-order valence-electron chi connectivity index (χ1n) is 7.59. The molecule has 2 aromatic carbocycles. The number of carbonyl (C=O) groups excluding carboxylic acids is 2. The number of nitrogens with zero attached hydrogens (tertiary/aromatic N) is 1. The van der Waals surface area contributed by atoms with Gasteiger partial charge in [-0.25, -0.2) is 0 Å². The smallest absolute Gasteiger partial charge is 0.273 e. The number of hydrazine groups is 1. The highest BCUT2D eigenvalue weighted by Gasteiger charge is 2.16. The van der Waals surface area contributed by atoms with E-state index < -0.39 is 16.7 Å². The third-order valence-electron chi connectivity index (χ3n) is 3.18. The molecule has 0 aromatic heterocycles. The third-order valence-corrected chi connectivity index (χ3v) is 3.67. The normalized spacial score (nSPS) is 10.3. The van der Waals surface area contributed by atoms with E-state index in [9.17, 15) is 19.7 Å². The molecule has 8 nitrogen and oxygen atoms in total. The predicted molar refractivity (Wildman–Crippen MR) is 97.9 cm³/mol. The summed E-state index contributed by atoms with van der Waals surface area (Å²) >= 11 is 3.29. The molecule has 9 heteroatoms. The van der Waals surface area contributed by atoms with Crippen molar-refractivity contribution < 1.29 is 19.2 Å². The zero-order chi connectivity index (χ0) is 19.3. The number of nitrogens with one attached hydrogen (secondary N) is 2. The minimum Gasteiger partial charge on any atom is -0.490 e. The number of ether oxygens (including phenoxy) is 1. The topological polar surface area (TPSA) is 111 Å². The van der Waals surface area contributed by atoms with E-state index in [2.05, 4.69) is 26.8 Å². The molecule has 0 atom stereocenters. The van der Waals surface area contributed by atoms with E-state index in [0.717, 1.165) is 0 Å². The van der Waals surface area contributed by atoms with Gasteiger partial charge in [-0.1, -0.05) is 15.9 Å². The number of hydrogen-bond donors (Lipinski definition) is 2. The molecule has 0 unspecified atom stereocenters. The van der Waals surface area contributed by atoms with Crippen LogP contribution in [0.4, 0.5) is 5.69 Å². The minimum absolute atomic E-state index is 0.127. The van der Waals surface area contributed by atoms with Crippen LogP contribution in [0.2, 0.25) is 0 Å².